The monoisotopic (exact) mass is 471 g/mol. The van der Waals surface area contributed by atoms with Gasteiger partial charge < -0.3 is 24.8 Å². The standard InChI is InChI=1S/C26H33NO7/c1-6-25(18-11-8-7-9-12-18,27(16(2)3)17(4)5)15-26(32)22(29)23(30)33-20-14-10-13-19(28)21(20)34-24(26)31/h7-14,16-17,22,28-29,32H,6,15H2,1-5H3/t22?,25-,26?/m0/s1. The number of rotatable bonds is 7. The number of carbonyl (C=O) groups excluding carboxylic acids is 2. The highest BCUT2D eigenvalue weighted by Crippen LogP contribution is 2.45. The lowest BCUT2D eigenvalue weighted by molar-refractivity contribution is -0.190. The highest BCUT2D eigenvalue weighted by molar-refractivity contribution is 5.93. The zero-order valence-corrected chi connectivity index (χ0v) is 20.2. The molecule has 34 heavy (non-hydrogen) atoms. The number of carbonyl (C=O) groups is 2. The number of ether oxygens (including phenoxy) is 2. The molecule has 1 aliphatic rings. The third kappa shape index (κ3) is 4.41. The van der Waals surface area contributed by atoms with E-state index in [9.17, 15) is 24.9 Å². The van der Waals surface area contributed by atoms with Gasteiger partial charge >= 0.3 is 11.9 Å². The van der Waals surface area contributed by atoms with Crippen LogP contribution >= 0.6 is 0 Å². The summed E-state index contributed by atoms with van der Waals surface area (Å²) >= 11 is 0. The van der Waals surface area contributed by atoms with Crippen LogP contribution in [0.25, 0.3) is 0 Å². The van der Waals surface area contributed by atoms with Crippen molar-refractivity contribution >= 4 is 11.9 Å². The van der Waals surface area contributed by atoms with Crippen LogP contribution in [0.5, 0.6) is 17.2 Å². The fourth-order valence-corrected chi connectivity index (χ4v) is 5.14. The largest absolute Gasteiger partial charge is 0.504 e. The van der Waals surface area contributed by atoms with Gasteiger partial charge in [0.2, 0.25) is 11.4 Å². The van der Waals surface area contributed by atoms with Gasteiger partial charge in [0.1, 0.15) is 0 Å². The molecule has 0 spiro atoms. The van der Waals surface area contributed by atoms with E-state index >= 15 is 0 Å². The van der Waals surface area contributed by atoms with Gasteiger partial charge in [-0.2, -0.15) is 0 Å². The lowest BCUT2D eigenvalue weighted by Crippen LogP contribution is -2.64. The smallest absolute Gasteiger partial charge is 0.347 e. The predicted molar refractivity (Wildman–Crippen MR) is 125 cm³/mol. The Bertz CT molecular complexity index is 1030. The van der Waals surface area contributed by atoms with E-state index < -0.39 is 40.7 Å². The van der Waals surface area contributed by atoms with Gasteiger partial charge in [-0.1, -0.05) is 43.3 Å². The molecule has 2 unspecified atom stereocenters. The van der Waals surface area contributed by atoms with E-state index in [0.717, 1.165) is 5.56 Å². The second-order valence-electron chi connectivity index (χ2n) is 9.26. The molecule has 0 aromatic heterocycles. The molecule has 0 fully saturated rings. The lowest BCUT2D eigenvalue weighted by atomic mass is 9.73. The van der Waals surface area contributed by atoms with E-state index in [4.69, 9.17) is 9.47 Å². The third-order valence-electron chi connectivity index (χ3n) is 6.46. The van der Waals surface area contributed by atoms with Crippen LogP contribution in [0.3, 0.4) is 0 Å². The minimum Gasteiger partial charge on any atom is -0.504 e. The van der Waals surface area contributed by atoms with Crippen molar-refractivity contribution in [1.29, 1.82) is 0 Å². The number of benzene rings is 2. The van der Waals surface area contributed by atoms with E-state index in [1.54, 1.807) is 0 Å². The Morgan fingerprint density at radius 3 is 2.18 bits per heavy atom. The quantitative estimate of drug-likeness (QED) is 0.417. The summed E-state index contributed by atoms with van der Waals surface area (Å²) in [5.41, 5.74) is -2.81. The second kappa shape index (κ2) is 9.74. The number of aromatic hydroxyl groups is 1. The molecule has 3 rings (SSSR count). The first-order chi connectivity index (χ1) is 16.0. The van der Waals surface area contributed by atoms with Crippen molar-refractivity contribution in [3.8, 4) is 17.2 Å². The molecule has 1 heterocycles. The Morgan fingerprint density at radius 1 is 1.00 bits per heavy atom. The number of hydrogen-bond acceptors (Lipinski definition) is 8. The maximum atomic E-state index is 13.4. The predicted octanol–water partition coefficient (Wildman–Crippen LogP) is 3.12. The summed E-state index contributed by atoms with van der Waals surface area (Å²) in [6.07, 6.45) is -2.12. The van der Waals surface area contributed by atoms with Crippen LogP contribution < -0.4 is 9.47 Å². The molecule has 1 aliphatic heterocycles. The van der Waals surface area contributed by atoms with Crippen molar-refractivity contribution in [3.63, 3.8) is 0 Å². The summed E-state index contributed by atoms with van der Waals surface area (Å²) in [6, 6.07) is 13.3. The summed E-state index contributed by atoms with van der Waals surface area (Å²) in [5.74, 6) is -3.52. The molecule has 0 bridgehead atoms. The first-order valence-corrected chi connectivity index (χ1v) is 11.5. The van der Waals surface area contributed by atoms with Gasteiger partial charge in [0.05, 0.1) is 0 Å². The number of nitrogens with zero attached hydrogens (tertiary/aromatic N) is 1. The van der Waals surface area contributed by atoms with Crippen LogP contribution in [0.2, 0.25) is 0 Å². The number of phenols is 1. The fraction of sp³-hybridized carbons (Fsp3) is 0.462. The van der Waals surface area contributed by atoms with Gasteiger partial charge in [-0.25, -0.2) is 9.59 Å². The average Bonchev–Trinajstić information content (AvgIpc) is 2.79. The highest BCUT2D eigenvalue weighted by Gasteiger charge is 2.57. The van der Waals surface area contributed by atoms with Crippen molar-refractivity contribution in [3.05, 3.63) is 54.1 Å². The number of fused-ring (bicyclic) bond motifs is 1. The first-order valence-electron chi connectivity index (χ1n) is 11.5. The Kier molecular flexibility index (Phi) is 7.35. The number of phenolic OH excluding ortho intramolecular Hbond substituents is 1. The normalized spacial score (nSPS) is 22.6. The van der Waals surface area contributed by atoms with Crippen molar-refractivity contribution in [2.24, 2.45) is 0 Å². The molecule has 0 amide bonds. The molecule has 2 aromatic carbocycles. The van der Waals surface area contributed by atoms with E-state index in [1.807, 2.05) is 65.0 Å². The summed E-state index contributed by atoms with van der Waals surface area (Å²) in [6.45, 7) is 9.95. The fourth-order valence-electron chi connectivity index (χ4n) is 5.14. The van der Waals surface area contributed by atoms with Crippen molar-refractivity contribution in [2.45, 2.75) is 76.8 Å². The summed E-state index contributed by atoms with van der Waals surface area (Å²) in [7, 11) is 0. The van der Waals surface area contributed by atoms with Gasteiger partial charge in [0, 0.05) is 24.0 Å². The van der Waals surface area contributed by atoms with Crippen LogP contribution in [-0.2, 0) is 15.1 Å². The molecular formula is C26H33NO7. The van der Waals surface area contributed by atoms with Gasteiger partial charge in [-0.15, -0.1) is 0 Å². The van der Waals surface area contributed by atoms with Crippen molar-refractivity contribution < 1.29 is 34.4 Å². The summed E-state index contributed by atoms with van der Waals surface area (Å²) in [5, 5.41) is 32.8. The molecule has 0 saturated carbocycles. The Balaban J connectivity index is 2.20. The van der Waals surface area contributed by atoms with Gasteiger partial charge in [0.25, 0.3) is 0 Å². The van der Waals surface area contributed by atoms with Gasteiger partial charge in [-0.05, 0) is 51.8 Å². The maximum Gasteiger partial charge on any atom is 0.347 e. The number of para-hydroxylation sites is 1. The number of aliphatic hydroxyl groups excluding tert-OH is 1. The van der Waals surface area contributed by atoms with Crippen molar-refractivity contribution in [1.82, 2.24) is 4.90 Å². The zero-order chi connectivity index (χ0) is 25.3. The number of esters is 2. The van der Waals surface area contributed by atoms with E-state index in [0.29, 0.717) is 6.42 Å². The summed E-state index contributed by atoms with van der Waals surface area (Å²) in [4.78, 5) is 28.3. The van der Waals surface area contributed by atoms with E-state index in [2.05, 4.69) is 4.90 Å². The summed E-state index contributed by atoms with van der Waals surface area (Å²) < 4.78 is 10.5. The highest BCUT2D eigenvalue weighted by atomic mass is 16.6. The Labute approximate surface area is 199 Å². The minimum atomic E-state index is -2.66. The SMILES string of the molecule is CC[C@](CC1(O)C(=O)Oc2c(O)cccc2OC(=O)C1O)(c1ccccc1)N(C(C)C)C(C)C. The Hall–Kier alpha value is -2.94. The van der Waals surface area contributed by atoms with E-state index in [-0.39, 0.29) is 24.3 Å². The molecule has 2 aromatic rings. The molecule has 8 nitrogen and oxygen atoms in total. The molecule has 0 saturated heterocycles. The van der Waals surface area contributed by atoms with Gasteiger partial charge in [0.15, 0.2) is 17.6 Å². The van der Waals surface area contributed by atoms with E-state index in [1.165, 1.54) is 18.2 Å². The van der Waals surface area contributed by atoms with Crippen LogP contribution in [-0.4, -0.2) is 55.9 Å². The lowest BCUT2D eigenvalue weighted by Gasteiger charge is -2.51. The topological polar surface area (TPSA) is 117 Å². The van der Waals surface area contributed by atoms with Crippen LogP contribution in [0, 0.1) is 0 Å². The average molecular weight is 472 g/mol. The minimum absolute atomic E-state index is 0.0119. The molecule has 0 aliphatic carbocycles. The number of hydrogen-bond donors (Lipinski definition) is 3. The maximum absolute atomic E-state index is 13.4. The second-order valence-corrected chi connectivity index (χ2v) is 9.26. The van der Waals surface area contributed by atoms with Crippen LogP contribution in [0.15, 0.2) is 48.5 Å². The number of aliphatic hydroxyl groups is 2. The Morgan fingerprint density at radius 2 is 1.62 bits per heavy atom. The molecular weight excluding hydrogens is 438 g/mol. The molecule has 184 valence electrons. The molecule has 3 atom stereocenters. The van der Waals surface area contributed by atoms with Crippen LogP contribution in [0.1, 0.15) is 53.0 Å². The molecule has 3 N–H and O–H groups in total. The van der Waals surface area contributed by atoms with Gasteiger partial charge in [-0.3, -0.25) is 4.90 Å². The first kappa shape index (κ1) is 25.7. The van der Waals surface area contributed by atoms with Crippen LogP contribution in [0.4, 0.5) is 0 Å². The molecule has 8 heteroatoms. The zero-order valence-electron chi connectivity index (χ0n) is 20.2. The van der Waals surface area contributed by atoms with Crippen molar-refractivity contribution in [2.75, 3.05) is 0 Å². The molecule has 0 radical (unpaired) electrons. The third-order valence-corrected chi connectivity index (χ3v) is 6.46.